The minimum absolute atomic E-state index is 0. The molecule has 8 heteroatoms. The van der Waals surface area contributed by atoms with Crippen molar-refractivity contribution in [1.29, 1.82) is 0 Å². The predicted octanol–water partition coefficient (Wildman–Crippen LogP) is 5.04. The third-order valence-corrected chi connectivity index (χ3v) is 4.78. The standard InChI is InChI=1S/C20H20F4N2O.ClH/c1-12(13-2-5-15(6-3-13)20(22,23)24)10-18(27)26-17-7-4-14-11-25-9-8-16(14)19(17)21;/h2-7,12,25H,8-11H2,1H3,(H,26,27);1H. The molecular weight excluding hydrogens is 396 g/mol. The highest BCUT2D eigenvalue weighted by atomic mass is 35.5. The van der Waals surface area contributed by atoms with Gasteiger partial charge >= 0.3 is 6.18 Å². The molecule has 1 aliphatic heterocycles. The third-order valence-electron chi connectivity index (χ3n) is 4.78. The topological polar surface area (TPSA) is 41.1 Å². The molecule has 152 valence electrons. The quantitative estimate of drug-likeness (QED) is 0.685. The van der Waals surface area contributed by atoms with Crippen molar-refractivity contribution in [3.8, 4) is 0 Å². The van der Waals surface area contributed by atoms with E-state index in [4.69, 9.17) is 0 Å². The van der Waals surface area contributed by atoms with E-state index in [1.807, 2.05) is 0 Å². The number of alkyl halides is 3. The Morgan fingerprint density at radius 1 is 1.18 bits per heavy atom. The van der Waals surface area contributed by atoms with Crippen molar-refractivity contribution in [2.24, 2.45) is 0 Å². The van der Waals surface area contributed by atoms with Gasteiger partial charge in [-0.1, -0.05) is 25.1 Å². The van der Waals surface area contributed by atoms with Gasteiger partial charge in [-0.15, -0.1) is 12.4 Å². The first-order chi connectivity index (χ1) is 12.8. The van der Waals surface area contributed by atoms with Gasteiger partial charge < -0.3 is 10.6 Å². The summed E-state index contributed by atoms with van der Waals surface area (Å²) >= 11 is 0. The van der Waals surface area contributed by atoms with Crippen molar-refractivity contribution in [2.45, 2.75) is 38.4 Å². The molecule has 2 aromatic rings. The molecule has 3 nitrogen and oxygen atoms in total. The summed E-state index contributed by atoms with van der Waals surface area (Å²) in [6.45, 7) is 3.04. The largest absolute Gasteiger partial charge is 0.416 e. The lowest BCUT2D eigenvalue weighted by molar-refractivity contribution is -0.137. The monoisotopic (exact) mass is 416 g/mol. The molecule has 1 atom stereocenters. The van der Waals surface area contributed by atoms with E-state index < -0.39 is 17.6 Å². The lowest BCUT2D eigenvalue weighted by Crippen LogP contribution is -2.25. The Morgan fingerprint density at radius 2 is 1.86 bits per heavy atom. The third kappa shape index (κ3) is 5.02. The summed E-state index contributed by atoms with van der Waals surface area (Å²) in [6.07, 6.45) is -3.78. The van der Waals surface area contributed by atoms with Crippen LogP contribution in [0.15, 0.2) is 36.4 Å². The maximum Gasteiger partial charge on any atom is 0.416 e. The van der Waals surface area contributed by atoms with Gasteiger partial charge in [-0.25, -0.2) is 4.39 Å². The number of halogens is 5. The average Bonchev–Trinajstić information content (AvgIpc) is 2.63. The second-order valence-electron chi connectivity index (χ2n) is 6.76. The summed E-state index contributed by atoms with van der Waals surface area (Å²) in [7, 11) is 0. The molecule has 1 aliphatic rings. The summed E-state index contributed by atoms with van der Waals surface area (Å²) in [4.78, 5) is 12.3. The number of nitrogens with one attached hydrogen (secondary N) is 2. The Kier molecular flexibility index (Phi) is 7.06. The van der Waals surface area contributed by atoms with Crippen LogP contribution in [0.25, 0.3) is 0 Å². The van der Waals surface area contributed by atoms with E-state index in [2.05, 4.69) is 10.6 Å². The van der Waals surface area contributed by atoms with E-state index in [1.165, 1.54) is 12.1 Å². The number of hydrogen-bond donors (Lipinski definition) is 2. The Bertz CT molecular complexity index is 837. The molecule has 0 aliphatic carbocycles. The molecule has 0 radical (unpaired) electrons. The van der Waals surface area contributed by atoms with Crippen molar-refractivity contribution >= 4 is 24.0 Å². The van der Waals surface area contributed by atoms with Gasteiger partial charge in [0, 0.05) is 13.0 Å². The fourth-order valence-corrected chi connectivity index (χ4v) is 3.23. The number of carbonyl (C=O) groups is 1. The van der Waals surface area contributed by atoms with Gasteiger partial charge in [0.15, 0.2) is 0 Å². The van der Waals surface area contributed by atoms with E-state index in [9.17, 15) is 22.4 Å². The Labute approximate surface area is 166 Å². The first kappa shape index (κ1) is 22.2. The second kappa shape index (κ2) is 8.92. The highest BCUT2D eigenvalue weighted by Gasteiger charge is 2.30. The van der Waals surface area contributed by atoms with Crippen molar-refractivity contribution < 1.29 is 22.4 Å². The van der Waals surface area contributed by atoms with Crippen molar-refractivity contribution in [3.63, 3.8) is 0 Å². The molecule has 2 N–H and O–H groups in total. The number of benzene rings is 2. The van der Waals surface area contributed by atoms with Crippen molar-refractivity contribution in [1.82, 2.24) is 5.32 Å². The van der Waals surface area contributed by atoms with Crippen molar-refractivity contribution in [2.75, 3.05) is 11.9 Å². The summed E-state index contributed by atoms with van der Waals surface area (Å²) in [5.74, 6) is -1.09. The smallest absolute Gasteiger partial charge is 0.324 e. The predicted molar refractivity (Wildman–Crippen MR) is 102 cm³/mol. The SMILES string of the molecule is CC(CC(=O)Nc1ccc2c(c1F)CCNC2)c1ccc(C(F)(F)F)cc1.Cl. The van der Waals surface area contributed by atoms with Crippen LogP contribution in [0.4, 0.5) is 23.2 Å². The van der Waals surface area contributed by atoms with Gasteiger partial charge in [0.1, 0.15) is 5.82 Å². The molecule has 0 saturated carbocycles. The van der Waals surface area contributed by atoms with Crippen LogP contribution in [0, 0.1) is 5.82 Å². The molecular formula is C20H21ClF4N2O. The number of carbonyl (C=O) groups excluding carboxylic acids is 1. The van der Waals surface area contributed by atoms with Crippen LogP contribution in [-0.2, 0) is 23.9 Å². The number of hydrogen-bond acceptors (Lipinski definition) is 2. The normalized spacial score (nSPS) is 14.6. The number of fused-ring (bicyclic) bond motifs is 1. The fourth-order valence-electron chi connectivity index (χ4n) is 3.23. The summed E-state index contributed by atoms with van der Waals surface area (Å²) < 4.78 is 52.5. The molecule has 1 amide bonds. The summed E-state index contributed by atoms with van der Waals surface area (Å²) in [5, 5.41) is 5.74. The summed E-state index contributed by atoms with van der Waals surface area (Å²) in [6, 6.07) is 8.07. The van der Waals surface area contributed by atoms with E-state index in [0.717, 1.165) is 17.7 Å². The molecule has 1 heterocycles. The van der Waals surface area contributed by atoms with Crippen LogP contribution in [0.1, 0.15) is 41.5 Å². The minimum Gasteiger partial charge on any atom is -0.324 e. The maximum absolute atomic E-state index is 14.6. The number of amides is 1. The van der Waals surface area contributed by atoms with Gasteiger partial charge in [-0.2, -0.15) is 13.2 Å². The highest BCUT2D eigenvalue weighted by molar-refractivity contribution is 5.91. The van der Waals surface area contributed by atoms with Crippen LogP contribution >= 0.6 is 12.4 Å². The summed E-state index contributed by atoms with van der Waals surface area (Å²) in [5.41, 5.74) is 1.53. The fraction of sp³-hybridized carbons (Fsp3) is 0.350. The van der Waals surface area contributed by atoms with Gasteiger partial charge in [-0.3, -0.25) is 4.79 Å². The Balaban J connectivity index is 0.00000280. The second-order valence-corrected chi connectivity index (χ2v) is 6.76. The molecule has 3 rings (SSSR count). The van der Waals surface area contributed by atoms with E-state index in [0.29, 0.717) is 30.6 Å². The molecule has 0 fully saturated rings. The van der Waals surface area contributed by atoms with Gasteiger partial charge in [0.25, 0.3) is 0 Å². The zero-order valence-corrected chi connectivity index (χ0v) is 16.0. The number of rotatable bonds is 4. The van der Waals surface area contributed by atoms with E-state index >= 15 is 0 Å². The maximum atomic E-state index is 14.6. The molecule has 28 heavy (non-hydrogen) atoms. The Morgan fingerprint density at radius 3 is 2.50 bits per heavy atom. The molecule has 0 bridgehead atoms. The Hall–Kier alpha value is -2.12. The van der Waals surface area contributed by atoms with Crippen LogP contribution < -0.4 is 10.6 Å². The van der Waals surface area contributed by atoms with E-state index in [-0.39, 0.29) is 36.3 Å². The zero-order valence-electron chi connectivity index (χ0n) is 15.2. The van der Waals surface area contributed by atoms with Crippen LogP contribution in [0.2, 0.25) is 0 Å². The number of anilines is 1. The molecule has 2 aromatic carbocycles. The van der Waals surface area contributed by atoms with Gasteiger partial charge in [-0.05, 0) is 53.8 Å². The van der Waals surface area contributed by atoms with Crippen LogP contribution in [0.3, 0.4) is 0 Å². The first-order valence-electron chi connectivity index (χ1n) is 8.73. The average molecular weight is 417 g/mol. The van der Waals surface area contributed by atoms with E-state index in [1.54, 1.807) is 19.1 Å². The molecule has 0 saturated heterocycles. The lowest BCUT2D eigenvalue weighted by atomic mass is 9.96. The lowest BCUT2D eigenvalue weighted by Gasteiger charge is -2.20. The first-order valence-corrected chi connectivity index (χ1v) is 8.73. The molecule has 1 unspecified atom stereocenters. The van der Waals surface area contributed by atoms with Gasteiger partial charge in [0.2, 0.25) is 5.91 Å². The van der Waals surface area contributed by atoms with Crippen molar-refractivity contribution in [3.05, 3.63) is 64.5 Å². The minimum atomic E-state index is -4.39. The zero-order chi connectivity index (χ0) is 19.6. The molecule has 0 spiro atoms. The van der Waals surface area contributed by atoms with Crippen LogP contribution in [-0.4, -0.2) is 12.5 Å². The van der Waals surface area contributed by atoms with Gasteiger partial charge in [0.05, 0.1) is 11.3 Å². The molecule has 0 aromatic heterocycles. The van der Waals surface area contributed by atoms with Crippen LogP contribution in [0.5, 0.6) is 0 Å². The highest BCUT2D eigenvalue weighted by Crippen LogP contribution is 2.31.